The second-order valence-electron chi connectivity index (χ2n) is 3.91. The van der Waals surface area contributed by atoms with Crippen molar-refractivity contribution in [3.63, 3.8) is 0 Å². The highest BCUT2D eigenvalue weighted by Crippen LogP contribution is 2.35. The first-order valence-electron chi connectivity index (χ1n) is 5.07. The molecule has 0 atom stereocenters. The van der Waals surface area contributed by atoms with E-state index in [9.17, 15) is 0 Å². The molecule has 0 heterocycles. The van der Waals surface area contributed by atoms with Crippen molar-refractivity contribution in [2.24, 2.45) is 5.41 Å². The predicted molar refractivity (Wildman–Crippen MR) is 63.1 cm³/mol. The molecule has 1 nitrogen and oxygen atoms in total. The van der Waals surface area contributed by atoms with Crippen LogP contribution in [-0.2, 0) is 4.74 Å². The summed E-state index contributed by atoms with van der Waals surface area (Å²) in [6, 6.07) is 0. The Morgan fingerprint density at radius 1 is 1.43 bits per heavy atom. The highest BCUT2D eigenvalue weighted by Gasteiger charge is 2.23. The molecule has 0 aromatic rings. The van der Waals surface area contributed by atoms with Crippen molar-refractivity contribution >= 4 is 0 Å². The van der Waals surface area contributed by atoms with Crippen molar-refractivity contribution < 1.29 is 4.74 Å². The van der Waals surface area contributed by atoms with E-state index in [1.165, 1.54) is 5.57 Å². The maximum Gasteiger partial charge on any atom is 0.118 e. The summed E-state index contributed by atoms with van der Waals surface area (Å²) in [7, 11) is 1.71. The molecule has 1 heteroatoms. The van der Waals surface area contributed by atoms with Crippen LogP contribution in [0.1, 0.15) is 34.1 Å². The molecule has 0 bridgehead atoms. The summed E-state index contributed by atoms with van der Waals surface area (Å²) < 4.78 is 5.35. The standard InChI is InChI=1S/C13H22O/c1-7-10-11(12(8-2)14-6)13(4,5)9-3/h7-8,10H,1,9H2,2-6H3/b11-10+,12-8+. The van der Waals surface area contributed by atoms with Crippen LogP contribution in [-0.4, -0.2) is 7.11 Å². The Morgan fingerprint density at radius 2 is 2.00 bits per heavy atom. The zero-order valence-corrected chi connectivity index (χ0v) is 10.1. The minimum atomic E-state index is 0.131. The van der Waals surface area contributed by atoms with E-state index in [1.54, 1.807) is 7.11 Å². The number of hydrogen-bond acceptors (Lipinski definition) is 1. The zero-order valence-electron chi connectivity index (χ0n) is 10.1. The molecule has 80 valence electrons. The number of allylic oxidation sites excluding steroid dienone is 4. The molecule has 0 unspecified atom stereocenters. The fraction of sp³-hybridized carbons (Fsp3) is 0.538. The summed E-state index contributed by atoms with van der Waals surface area (Å²) in [4.78, 5) is 0. The monoisotopic (exact) mass is 194 g/mol. The first-order chi connectivity index (χ1) is 6.53. The van der Waals surface area contributed by atoms with E-state index in [1.807, 2.05) is 25.2 Å². The molecule has 0 aliphatic rings. The zero-order chi connectivity index (χ0) is 11.2. The van der Waals surface area contributed by atoms with Crippen molar-refractivity contribution in [3.05, 3.63) is 36.1 Å². The van der Waals surface area contributed by atoms with Crippen molar-refractivity contribution in [1.82, 2.24) is 0 Å². The third-order valence-electron chi connectivity index (χ3n) is 2.65. The van der Waals surface area contributed by atoms with E-state index in [-0.39, 0.29) is 5.41 Å². The van der Waals surface area contributed by atoms with Gasteiger partial charge in [-0.15, -0.1) is 0 Å². The third kappa shape index (κ3) is 3.06. The molecule has 0 rings (SSSR count). The van der Waals surface area contributed by atoms with E-state index in [2.05, 4.69) is 27.4 Å². The normalized spacial score (nSPS) is 14.1. The summed E-state index contributed by atoms with van der Waals surface area (Å²) in [5.41, 5.74) is 1.34. The average Bonchev–Trinajstić information content (AvgIpc) is 2.18. The van der Waals surface area contributed by atoms with Crippen molar-refractivity contribution in [3.8, 4) is 0 Å². The van der Waals surface area contributed by atoms with E-state index in [0.29, 0.717) is 0 Å². The molecule has 0 spiro atoms. The Balaban J connectivity index is 5.16. The van der Waals surface area contributed by atoms with Gasteiger partial charge < -0.3 is 4.74 Å². The van der Waals surface area contributed by atoms with Gasteiger partial charge in [0.1, 0.15) is 5.76 Å². The maximum atomic E-state index is 5.35. The summed E-state index contributed by atoms with van der Waals surface area (Å²) in [6.07, 6.45) is 6.91. The van der Waals surface area contributed by atoms with Gasteiger partial charge in [0.15, 0.2) is 0 Å². The fourth-order valence-electron chi connectivity index (χ4n) is 1.33. The van der Waals surface area contributed by atoms with Crippen molar-refractivity contribution in [2.45, 2.75) is 34.1 Å². The van der Waals surface area contributed by atoms with Crippen LogP contribution in [0.4, 0.5) is 0 Å². The lowest BCUT2D eigenvalue weighted by Crippen LogP contribution is -2.16. The molecule has 0 aliphatic heterocycles. The summed E-state index contributed by atoms with van der Waals surface area (Å²) in [5, 5.41) is 0. The van der Waals surface area contributed by atoms with Crippen LogP contribution in [0.5, 0.6) is 0 Å². The Labute approximate surface area is 88.2 Å². The SMILES string of the molecule is C=C/C=C(\C(=C/C)OC)C(C)(C)CC. The molecular formula is C13H22O. The molecule has 0 aliphatic carbocycles. The van der Waals surface area contributed by atoms with Crippen molar-refractivity contribution in [2.75, 3.05) is 7.11 Å². The van der Waals surface area contributed by atoms with Crippen LogP contribution in [0, 0.1) is 5.41 Å². The predicted octanol–water partition coefficient (Wildman–Crippen LogP) is 4.09. The Bertz CT molecular complexity index is 244. The lowest BCUT2D eigenvalue weighted by molar-refractivity contribution is 0.274. The van der Waals surface area contributed by atoms with Crippen LogP contribution in [0.25, 0.3) is 0 Å². The minimum Gasteiger partial charge on any atom is -0.497 e. The molecule has 14 heavy (non-hydrogen) atoms. The summed E-state index contributed by atoms with van der Waals surface area (Å²) >= 11 is 0. The van der Waals surface area contributed by atoms with Gasteiger partial charge in [-0.25, -0.2) is 0 Å². The second-order valence-corrected chi connectivity index (χ2v) is 3.91. The largest absolute Gasteiger partial charge is 0.497 e. The van der Waals surface area contributed by atoms with E-state index >= 15 is 0 Å². The lowest BCUT2D eigenvalue weighted by atomic mass is 9.80. The number of methoxy groups -OCH3 is 1. The Morgan fingerprint density at radius 3 is 2.29 bits per heavy atom. The molecule has 0 saturated heterocycles. The van der Waals surface area contributed by atoms with Gasteiger partial charge in [0, 0.05) is 0 Å². The van der Waals surface area contributed by atoms with Gasteiger partial charge in [-0.05, 0) is 30.4 Å². The first kappa shape index (κ1) is 13.0. The quantitative estimate of drug-likeness (QED) is 0.473. The summed E-state index contributed by atoms with van der Waals surface area (Å²) in [6.45, 7) is 12.3. The van der Waals surface area contributed by atoms with E-state index < -0.39 is 0 Å². The van der Waals surface area contributed by atoms with Crippen molar-refractivity contribution in [1.29, 1.82) is 0 Å². The molecule has 0 amide bonds. The van der Waals surface area contributed by atoms with Gasteiger partial charge in [-0.2, -0.15) is 0 Å². The first-order valence-corrected chi connectivity index (χ1v) is 5.07. The van der Waals surface area contributed by atoms with Crippen LogP contribution >= 0.6 is 0 Å². The van der Waals surface area contributed by atoms with E-state index in [0.717, 1.165) is 12.2 Å². The lowest BCUT2D eigenvalue weighted by Gasteiger charge is -2.27. The number of ether oxygens (including phenoxy) is 1. The van der Waals surface area contributed by atoms with Crippen LogP contribution in [0.2, 0.25) is 0 Å². The van der Waals surface area contributed by atoms with Gasteiger partial charge in [-0.3, -0.25) is 0 Å². The molecule has 0 aromatic carbocycles. The highest BCUT2D eigenvalue weighted by molar-refractivity contribution is 5.33. The van der Waals surface area contributed by atoms with E-state index in [4.69, 9.17) is 4.74 Å². The topological polar surface area (TPSA) is 9.23 Å². The highest BCUT2D eigenvalue weighted by atomic mass is 16.5. The molecule has 0 radical (unpaired) electrons. The van der Waals surface area contributed by atoms with Gasteiger partial charge >= 0.3 is 0 Å². The van der Waals surface area contributed by atoms with Gasteiger partial charge in [0.25, 0.3) is 0 Å². The van der Waals surface area contributed by atoms with Gasteiger partial charge in [0.2, 0.25) is 0 Å². The number of rotatable bonds is 5. The van der Waals surface area contributed by atoms with Crippen LogP contribution in [0.3, 0.4) is 0 Å². The van der Waals surface area contributed by atoms with Crippen LogP contribution < -0.4 is 0 Å². The smallest absolute Gasteiger partial charge is 0.118 e. The second kappa shape index (κ2) is 5.69. The summed E-state index contributed by atoms with van der Waals surface area (Å²) in [5.74, 6) is 0.941. The Kier molecular flexibility index (Phi) is 5.29. The molecule has 0 saturated carbocycles. The van der Waals surface area contributed by atoms with Crippen LogP contribution in [0.15, 0.2) is 36.1 Å². The molecule has 0 N–H and O–H groups in total. The minimum absolute atomic E-state index is 0.131. The maximum absolute atomic E-state index is 5.35. The molecule has 0 aromatic heterocycles. The molecular weight excluding hydrogens is 172 g/mol. The average molecular weight is 194 g/mol. The molecule has 0 fully saturated rings. The fourth-order valence-corrected chi connectivity index (χ4v) is 1.33. The van der Waals surface area contributed by atoms with Gasteiger partial charge in [0.05, 0.1) is 7.11 Å². The Hall–Kier alpha value is -0.980. The van der Waals surface area contributed by atoms with Gasteiger partial charge in [-0.1, -0.05) is 39.5 Å². The number of hydrogen-bond donors (Lipinski definition) is 0. The third-order valence-corrected chi connectivity index (χ3v) is 2.65.